The maximum absolute atomic E-state index is 14.5. The highest BCUT2D eigenvalue weighted by Gasteiger charge is 2.41. The summed E-state index contributed by atoms with van der Waals surface area (Å²) in [7, 11) is -3.85. The quantitative estimate of drug-likeness (QED) is 0.403. The third-order valence-corrected chi connectivity index (χ3v) is 7.87. The largest absolute Gasteiger partial charge is 0.368 e. The second-order valence-corrected chi connectivity index (χ2v) is 11.8. The Hall–Kier alpha value is -3.18. The standard InChI is InChI=1S/C26H25Cl2FN4O4S/c1-38(36,37)33(22-11-18(10-21(29)12-22)26(35)31-13-24(30)34)23-14-32(15-23)25(16-2-6-19(27)7-3-16)17-4-8-20(28)9-5-17/h2-12,23,25H,13-15H2,1H3,(H2,30,34)(H,31,35). The summed E-state index contributed by atoms with van der Waals surface area (Å²) in [6.45, 7) is 0.236. The number of hydrogen-bond acceptors (Lipinski definition) is 5. The number of anilines is 1. The Labute approximate surface area is 230 Å². The maximum Gasteiger partial charge on any atom is 0.251 e. The summed E-state index contributed by atoms with van der Waals surface area (Å²) < 4.78 is 41.3. The zero-order chi connectivity index (χ0) is 27.6. The zero-order valence-electron chi connectivity index (χ0n) is 20.3. The molecule has 38 heavy (non-hydrogen) atoms. The Bertz CT molecular complexity index is 1400. The van der Waals surface area contributed by atoms with Crippen molar-refractivity contribution in [2.45, 2.75) is 12.1 Å². The van der Waals surface area contributed by atoms with Crippen molar-refractivity contribution in [1.82, 2.24) is 10.2 Å². The van der Waals surface area contributed by atoms with E-state index < -0.39 is 40.2 Å². The predicted molar refractivity (Wildman–Crippen MR) is 145 cm³/mol. The second kappa shape index (κ2) is 11.3. The molecule has 0 aliphatic carbocycles. The number of nitrogens with zero attached hydrogens (tertiary/aromatic N) is 2. The lowest BCUT2D eigenvalue weighted by Crippen LogP contribution is -2.61. The van der Waals surface area contributed by atoms with E-state index >= 15 is 0 Å². The first kappa shape index (κ1) is 27.8. The lowest BCUT2D eigenvalue weighted by Gasteiger charge is -2.48. The van der Waals surface area contributed by atoms with E-state index in [1.807, 2.05) is 24.3 Å². The fourth-order valence-corrected chi connectivity index (χ4v) is 5.94. The summed E-state index contributed by atoms with van der Waals surface area (Å²) in [6, 6.07) is 17.4. The number of likely N-dealkylation sites (tertiary alicyclic amines) is 1. The smallest absolute Gasteiger partial charge is 0.251 e. The average Bonchev–Trinajstić information content (AvgIpc) is 2.82. The number of hydrogen-bond donors (Lipinski definition) is 2. The number of primary amides is 1. The molecule has 12 heteroatoms. The van der Waals surface area contributed by atoms with Gasteiger partial charge < -0.3 is 11.1 Å². The number of benzene rings is 3. The van der Waals surface area contributed by atoms with Crippen molar-refractivity contribution in [1.29, 1.82) is 0 Å². The molecule has 0 bridgehead atoms. The van der Waals surface area contributed by atoms with Crippen molar-refractivity contribution in [2.75, 3.05) is 30.2 Å². The van der Waals surface area contributed by atoms with Crippen LogP contribution in [0.3, 0.4) is 0 Å². The van der Waals surface area contributed by atoms with Gasteiger partial charge in [-0.1, -0.05) is 47.5 Å². The Kier molecular flexibility index (Phi) is 8.27. The summed E-state index contributed by atoms with van der Waals surface area (Å²) in [6.07, 6.45) is 1.03. The molecule has 1 heterocycles. The van der Waals surface area contributed by atoms with E-state index in [9.17, 15) is 22.4 Å². The van der Waals surface area contributed by atoms with Gasteiger partial charge in [-0.3, -0.25) is 18.8 Å². The fourth-order valence-electron chi connectivity index (χ4n) is 4.53. The van der Waals surface area contributed by atoms with E-state index in [1.54, 1.807) is 24.3 Å². The van der Waals surface area contributed by atoms with Gasteiger partial charge in [0.2, 0.25) is 15.9 Å². The maximum atomic E-state index is 14.5. The molecular formula is C26H25Cl2FN4O4S. The molecule has 200 valence electrons. The third kappa shape index (κ3) is 6.44. The van der Waals surface area contributed by atoms with Gasteiger partial charge in [0, 0.05) is 28.7 Å². The van der Waals surface area contributed by atoms with Crippen LogP contribution in [0.25, 0.3) is 0 Å². The first-order chi connectivity index (χ1) is 17.9. The number of carbonyl (C=O) groups is 2. The van der Waals surface area contributed by atoms with Crippen LogP contribution in [0.5, 0.6) is 0 Å². The van der Waals surface area contributed by atoms with Gasteiger partial charge in [-0.25, -0.2) is 12.8 Å². The monoisotopic (exact) mass is 578 g/mol. The molecule has 1 saturated heterocycles. The molecule has 1 aliphatic rings. The van der Waals surface area contributed by atoms with E-state index in [1.165, 1.54) is 6.07 Å². The van der Waals surface area contributed by atoms with Crippen LogP contribution in [-0.4, -0.2) is 57.1 Å². The highest BCUT2D eigenvalue weighted by molar-refractivity contribution is 7.92. The van der Waals surface area contributed by atoms with Gasteiger partial charge >= 0.3 is 0 Å². The van der Waals surface area contributed by atoms with Gasteiger partial charge in [-0.05, 0) is 53.6 Å². The summed E-state index contributed by atoms with van der Waals surface area (Å²) in [4.78, 5) is 25.5. The molecule has 0 aromatic heterocycles. The Morgan fingerprint density at radius 1 is 1.03 bits per heavy atom. The molecule has 8 nitrogen and oxygen atoms in total. The zero-order valence-corrected chi connectivity index (χ0v) is 22.6. The minimum absolute atomic E-state index is 0.0101. The van der Waals surface area contributed by atoms with Crippen LogP contribution >= 0.6 is 23.2 Å². The van der Waals surface area contributed by atoms with Crippen LogP contribution in [0.4, 0.5) is 10.1 Å². The summed E-state index contributed by atoms with van der Waals surface area (Å²) in [5.41, 5.74) is 6.85. The lowest BCUT2D eigenvalue weighted by molar-refractivity contribution is -0.117. The van der Waals surface area contributed by atoms with Gasteiger partial charge in [0.15, 0.2) is 0 Å². The number of rotatable bonds is 9. The van der Waals surface area contributed by atoms with E-state index in [4.69, 9.17) is 28.9 Å². The summed E-state index contributed by atoms with van der Waals surface area (Å²) in [5, 5.41) is 3.46. The predicted octanol–water partition coefficient (Wildman–Crippen LogP) is 3.59. The number of nitrogens with two attached hydrogens (primary N) is 1. The molecular weight excluding hydrogens is 554 g/mol. The second-order valence-electron chi connectivity index (χ2n) is 9.02. The molecule has 0 atom stereocenters. The van der Waals surface area contributed by atoms with Crippen molar-refractivity contribution in [2.24, 2.45) is 5.73 Å². The van der Waals surface area contributed by atoms with Crippen LogP contribution in [-0.2, 0) is 14.8 Å². The van der Waals surface area contributed by atoms with Crippen molar-refractivity contribution in [3.8, 4) is 0 Å². The molecule has 1 fully saturated rings. The van der Waals surface area contributed by atoms with Crippen molar-refractivity contribution >= 4 is 50.7 Å². The molecule has 0 saturated carbocycles. The molecule has 0 unspecified atom stereocenters. The molecule has 4 rings (SSSR count). The highest BCUT2D eigenvalue weighted by Crippen LogP contribution is 2.37. The first-order valence-corrected chi connectivity index (χ1v) is 14.1. The van der Waals surface area contributed by atoms with E-state index in [0.717, 1.165) is 33.8 Å². The van der Waals surface area contributed by atoms with Gasteiger partial charge in [-0.15, -0.1) is 0 Å². The molecule has 3 aromatic carbocycles. The van der Waals surface area contributed by atoms with Crippen molar-refractivity contribution < 1.29 is 22.4 Å². The number of amides is 2. The number of nitrogens with one attached hydrogen (secondary N) is 1. The van der Waals surface area contributed by atoms with E-state index in [-0.39, 0.29) is 17.3 Å². The van der Waals surface area contributed by atoms with Gasteiger partial charge in [0.05, 0.1) is 30.6 Å². The lowest BCUT2D eigenvalue weighted by atomic mass is 9.93. The minimum atomic E-state index is -3.85. The minimum Gasteiger partial charge on any atom is -0.368 e. The molecule has 0 spiro atoms. The summed E-state index contributed by atoms with van der Waals surface area (Å²) >= 11 is 12.2. The average molecular weight is 579 g/mol. The van der Waals surface area contributed by atoms with Gasteiger partial charge in [0.1, 0.15) is 5.82 Å². The van der Waals surface area contributed by atoms with Crippen molar-refractivity contribution in [3.63, 3.8) is 0 Å². The normalized spacial score (nSPS) is 14.2. The van der Waals surface area contributed by atoms with Crippen LogP contribution in [0.2, 0.25) is 10.0 Å². The molecule has 0 radical (unpaired) electrons. The highest BCUT2D eigenvalue weighted by atomic mass is 35.5. The molecule has 2 amide bonds. The fraction of sp³-hybridized carbons (Fsp3) is 0.231. The first-order valence-electron chi connectivity index (χ1n) is 11.5. The topological polar surface area (TPSA) is 113 Å². The SMILES string of the molecule is CS(=O)(=O)N(c1cc(F)cc(C(=O)NCC(N)=O)c1)C1CN(C(c2ccc(Cl)cc2)c2ccc(Cl)cc2)C1. The Balaban J connectivity index is 1.62. The molecule has 3 N–H and O–H groups in total. The summed E-state index contributed by atoms with van der Waals surface area (Å²) in [5.74, 6) is -2.31. The number of sulfonamides is 1. The third-order valence-electron chi connectivity index (χ3n) is 6.14. The van der Waals surface area contributed by atoms with Gasteiger partial charge in [0.25, 0.3) is 5.91 Å². The van der Waals surface area contributed by atoms with Crippen LogP contribution in [0.1, 0.15) is 27.5 Å². The Morgan fingerprint density at radius 2 is 1.55 bits per heavy atom. The Morgan fingerprint density at radius 3 is 2.03 bits per heavy atom. The molecule has 3 aromatic rings. The number of halogens is 3. The van der Waals surface area contributed by atoms with Crippen LogP contribution < -0.4 is 15.4 Å². The van der Waals surface area contributed by atoms with Crippen LogP contribution in [0, 0.1) is 5.82 Å². The van der Waals surface area contributed by atoms with Crippen LogP contribution in [0.15, 0.2) is 66.7 Å². The van der Waals surface area contributed by atoms with Gasteiger partial charge in [-0.2, -0.15) is 0 Å². The van der Waals surface area contributed by atoms with Crippen molar-refractivity contribution in [3.05, 3.63) is 99.3 Å². The van der Waals surface area contributed by atoms with E-state index in [2.05, 4.69) is 10.2 Å². The number of carbonyl (C=O) groups excluding carboxylic acids is 2. The van der Waals surface area contributed by atoms with E-state index in [0.29, 0.717) is 23.1 Å². The molecule has 1 aliphatic heterocycles.